The number of ketones is 1. The number of hydrogen-bond acceptors (Lipinski definition) is 3. The first-order chi connectivity index (χ1) is 10.5. The molecule has 0 aliphatic carbocycles. The van der Waals surface area contributed by atoms with Crippen LogP contribution in [0.15, 0.2) is 42.5 Å². The molecule has 0 aliphatic heterocycles. The van der Waals surface area contributed by atoms with Crippen LogP contribution in [0.5, 0.6) is 0 Å². The highest BCUT2D eigenvalue weighted by molar-refractivity contribution is 7.18. The Balaban J connectivity index is 1.94. The van der Waals surface area contributed by atoms with Crippen LogP contribution in [0.1, 0.15) is 20.8 Å². The van der Waals surface area contributed by atoms with Gasteiger partial charge in [0.05, 0.1) is 14.7 Å². The van der Waals surface area contributed by atoms with E-state index < -0.39 is 0 Å². The van der Waals surface area contributed by atoms with Crippen molar-refractivity contribution in [1.29, 1.82) is 0 Å². The van der Waals surface area contributed by atoms with Crippen LogP contribution in [0.25, 0.3) is 17.0 Å². The lowest BCUT2D eigenvalue weighted by Gasteiger charge is -2.03. The lowest BCUT2D eigenvalue weighted by molar-refractivity contribution is 0.105. The summed E-state index contributed by atoms with van der Waals surface area (Å²) in [6, 6.07) is 11.3. The van der Waals surface area contributed by atoms with E-state index in [1.165, 1.54) is 17.4 Å². The van der Waals surface area contributed by atoms with E-state index in [1.54, 1.807) is 18.2 Å². The van der Waals surface area contributed by atoms with Crippen LogP contribution in [0.3, 0.4) is 0 Å². The fourth-order valence-electron chi connectivity index (χ4n) is 2.10. The summed E-state index contributed by atoms with van der Waals surface area (Å²) < 4.78 is 0.595. The summed E-state index contributed by atoms with van der Waals surface area (Å²) in [5.74, 6) is -0.0997. The molecule has 1 aromatic carbocycles. The Hall–Kier alpha value is -1.68. The first kappa shape index (κ1) is 15.2. The van der Waals surface area contributed by atoms with Gasteiger partial charge in [0, 0.05) is 10.9 Å². The Kier molecular flexibility index (Phi) is 4.30. The molecule has 0 aliphatic rings. The second-order valence-corrected chi connectivity index (χ2v) is 6.94. The Morgan fingerprint density at radius 3 is 2.73 bits per heavy atom. The van der Waals surface area contributed by atoms with Crippen LogP contribution < -0.4 is 0 Å². The molecule has 2 heterocycles. The summed E-state index contributed by atoms with van der Waals surface area (Å²) in [5.41, 5.74) is 2.70. The van der Waals surface area contributed by atoms with Crippen LogP contribution >= 0.6 is 34.5 Å². The Labute approximate surface area is 142 Å². The molecule has 3 aromatic rings. The van der Waals surface area contributed by atoms with Crippen molar-refractivity contribution in [3.63, 3.8) is 0 Å². The number of carbonyl (C=O) groups is 1. The van der Waals surface area contributed by atoms with E-state index in [2.05, 4.69) is 4.98 Å². The first-order valence-electron chi connectivity index (χ1n) is 6.57. The zero-order valence-corrected chi connectivity index (χ0v) is 14.0. The number of rotatable bonds is 3. The van der Waals surface area contributed by atoms with Crippen molar-refractivity contribution in [2.75, 3.05) is 0 Å². The van der Waals surface area contributed by atoms with Crippen molar-refractivity contribution in [3.05, 3.63) is 68.0 Å². The van der Waals surface area contributed by atoms with Gasteiger partial charge in [-0.3, -0.25) is 4.79 Å². The van der Waals surface area contributed by atoms with Gasteiger partial charge >= 0.3 is 0 Å². The topological polar surface area (TPSA) is 30.0 Å². The molecule has 0 N–H and O–H groups in total. The van der Waals surface area contributed by atoms with Gasteiger partial charge in [-0.15, -0.1) is 11.3 Å². The molecule has 2 aromatic heterocycles. The second-order valence-electron chi connectivity index (χ2n) is 4.87. The molecule has 110 valence electrons. The molecule has 5 heteroatoms. The smallest absolute Gasteiger partial charge is 0.195 e. The van der Waals surface area contributed by atoms with Gasteiger partial charge in [0.25, 0.3) is 0 Å². The maximum Gasteiger partial charge on any atom is 0.195 e. The van der Waals surface area contributed by atoms with Gasteiger partial charge in [-0.25, -0.2) is 4.98 Å². The Bertz CT molecular complexity index is 899. The zero-order valence-electron chi connectivity index (χ0n) is 11.6. The van der Waals surface area contributed by atoms with Crippen LogP contribution in [0.4, 0.5) is 0 Å². The summed E-state index contributed by atoms with van der Waals surface area (Å²) in [6.07, 6.45) is 3.18. The van der Waals surface area contributed by atoms with Gasteiger partial charge in [0.15, 0.2) is 5.78 Å². The van der Waals surface area contributed by atoms with E-state index >= 15 is 0 Å². The second kappa shape index (κ2) is 6.21. The predicted octanol–water partition coefficient (Wildman–Crippen LogP) is 5.81. The van der Waals surface area contributed by atoms with Gasteiger partial charge in [-0.2, -0.15) is 0 Å². The van der Waals surface area contributed by atoms with Crippen molar-refractivity contribution < 1.29 is 4.79 Å². The fraction of sp³-hybridized carbons (Fsp3) is 0.0588. The summed E-state index contributed by atoms with van der Waals surface area (Å²) in [5, 5.41) is 1.38. The van der Waals surface area contributed by atoms with Crippen LogP contribution in [0, 0.1) is 6.92 Å². The zero-order chi connectivity index (χ0) is 15.7. The molecule has 0 saturated carbocycles. The van der Waals surface area contributed by atoms with Crippen molar-refractivity contribution in [2.24, 2.45) is 0 Å². The van der Waals surface area contributed by atoms with E-state index in [1.807, 2.05) is 31.2 Å². The predicted molar refractivity (Wildman–Crippen MR) is 94.2 cm³/mol. The van der Waals surface area contributed by atoms with Crippen LogP contribution in [-0.4, -0.2) is 10.8 Å². The molecule has 0 spiro atoms. The Morgan fingerprint density at radius 1 is 1.18 bits per heavy atom. The largest absolute Gasteiger partial charge is 0.288 e. The molecule has 0 atom stereocenters. The molecule has 0 saturated heterocycles. The average molecular weight is 348 g/mol. The third-order valence-corrected chi connectivity index (χ3v) is 4.73. The van der Waals surface area contributed by atoms with Crippen molar-refractivity contribution >= 4 is 57.3 Å². The highest BCUT2D eigenvalue weighted by Gasteiger charge is 2.07. The minimum Gasteiger partial charge on any atom is -0.288 e. The monoisotopic (exact) mass is 347 g/mol. The highest BCUT2D eigenvalue weighted by Crippen LogP contribution is 2.24. The van der Waals surface area contributed by atoms with E-state index in [4.69, 9.17) is 23.2 Å². The normalized spacial score (nSPS) is 11.4. The molecule has 2 nitrogen and oxygen atoms in total. The summed E-state index contributed by atoms with van der Waals surface area (Å²) in [6.45, 7) is 2.02. The van der Waals surface area contributed by atoms with E-state index in [-0.39, 0.29) is 5.78 Å². The maximum atomic E-state index is 12.1. The number of carbonyl (C=O) groups excluding carboxylic acids is 1. The number of thiophene rings is 1. The number of aryl methyl sites for hydroxylation is 1. The SMILES string of the molecule is Cc1ccc2nc(Cl)c(/C=C/C(=O)c3ccc(Cl)s3)cc2c1. The molecule has 0 amide bonds. The van der Waals surface area contributed by atoms with Crippen molar-refractivity contribution in [1.82, 2.24) is 4.98 Å². The summed E-state index contributed by atoms with van der Waals surface area (Å²) in [4.78, 5) is 17.0. The van der Waals surface area contributed by atoms with Gasteiger partial charge in [0.2, 0.25) is 0 Å². The van der Waals surface area contributed by atoms with Gasteiger partial charge in [0.1, 0.15) is 5.15 Å². The number of aromatic nitrogens is 1. The number of allylic oxidation sites excluding steroid dienone is 1. The van der Waals surface area contributed by atoms with E-state index in [0.717, 1.165) is 22.0 Å². The number of nitrogens with zero attached hydrogens (tertiary/aromatic N) is 1. The number of halogens is 2. The third kappa shape index (κ3) is 3.22. The van der Waals surface area contributed by atoms with E-state index in [0.29, 0.717) is 14.4 Å². The quantitative estimate of drug-likeness (QED) is 0.340. The molecule has 3 rings (SSSR count). The molecule has 22 heavy (non-hydrogen) atoms. The lowest BCUT2D eigenvalue weighted by atomic mass is 10.1. The summed E-state index contributed by atoms with van der Waals surface area (Å²) >= 11 is 13.3. The van der Waals surface area contributed by atoms with Crippen molar-refractivity contribution in [3.8, 4) is 0 Å². The molecule has 0 radical (unpaired) electrons. The van der Waals surface area contributed by atoms with Crippen LogP contribution in [0.2, 0.25) is 9.49 Å². The minimum absolute atomic E-state index is 0.0997. The Morgan fingerprint density at radius 2 is 2.00 bits per heavy atom. The number of benzene rings is 1. The molecule has 0 unspecified atom stereocenters. The average Bonchev–Trinajstić information content (AvgIpc) is 2.92. The third-order valence-electron chi connectivity index (χ3n) is 3.18. The number of pyridine rings is 1. The van der Waals surface area contributed by atoms with Gasteiger partial charge in [-0.1, -0.05) is 34.8 Å². The highest BCUT2D eigenvalue weighted by atomic mass is 35.5. The van der Waals surface area contributed by atoms with Gasteiger partial charge in [-0.05, 0) is 49.4 Å². The first-order valence-corrected chi connectivity index (χ1v) is 8.15. The lowest BCUT2D eigenvalue weighted by Crippen LogP contribution is -1.90. The van der Waals surface area contributed by atoms with Crippen molar-refractivity contribution in [2.45, 2.75) is 6.92 Å². The molecular formula is C17H11Cl2NOS. The molecule has 0 fully saturated rings. The fourth-order valence-corrected chi connectivity index (χ4v) is 3.27. The van der Waals surface area contributed by atoms with Crippen LogP contribution in [-0.2, 0) is 0 Å². The van der Waals surface area contributed by atoms with Gasteiger partial charge < -0.3 is 0 Å². The number of hydrogen-bond donors (Lipinski definition) is 0. The van der Waals surface area contributed by atoms with E-state index in [9.17, 15) is 4.79 Å². The molecule has 0 bridgehead atoms. The summed E-state index contributed by atoms with van der Waals surface area (Å²) in [7, 11) is 0. The standard InChI is InChI=1S/C17H11Cl2NOS/c1-10-2-4-13-12(8-10)9-11(17(19)20-13)3-5-14(21)15-6-7-16(18)22-15/h2-9H,1H3/b5-3+. The molecular weight excluding hydrogens is 337 g/mol. The number of fused-ring (bicyclic) bond motifs is 1. The minimum atomic E-state index is -0.0997. The maximum absolute atomic E-state index is 12.1.